The van der Waals surface area contributed by atoms with Crippen LogP contribution in [0.3, 0.4) is 0 Å². The van der Waals surface area contributed by atoms with Crippen LogP contribution < -0.4 is 0 Å². The average Bonchev–Trinajstić information content (AvgIpc) is 2.71. The first-order valence-electron chi connectivity index (χ1n) is 4.88. The van der Waals surface area contributed by atoms with E-state index in [-0.39, 0.29) is 5.69 Å². The van der Waals surface area contributed by atoms with Gasteiger partial charge in [-0.15, -0.1) is 0 Å². The molecule has 0 bridgehead atoms. The van der Waals surface area contributed by atoms with Gasteiger partial charge < -0.3 is 0 Å². The molecule has 0 aliphatic carbocycles. The topological polar surface area (TPSA) is 78.0 Å². The summed E-state index contributed by atoms with van der Waals surface area (Å²) in [5.41, 5.74) is 1.83. The van der Waals surface area contributed by atoms with Crippen molar-refractivity contribution in [2.75, 3.05) is 0 Å². The SMILES string of the molecule is Cc1cc(C=O)nn1-c1ccc([N+](=O)[O-])cc1. The number of aromatic nitrogens is 2. The molecule has 86 valence electrons. The zero-order chi connectivity index (χ0) is 12.4. The molecule has 2 rings (SSSR count). The molecule has 0 amide bonds. The van der Waals surface area contributed by atoms with Gasteiger partial charge >= 0.3 is 0 Å². The lowest BCUT2D eigenvalue weighted by atomic mass is 10.3. The quantitative estimate of drug-likeness (QED) is 0.459. The van der Waals surface area contributed by atoms with Crippen molar-refractivity contribution in [1.82, 2.24) is 9.78 Å². The minimum atomic E-state index is -0.462. The van der Waals surface area contributed by atoms with Crippen LogP contribution >= 0.6 is 0 Å². The van der Waals surface area contributed by atoms with Crippen molar-refractivity contribution in [1.29, 1.82) is 0 Å². The highest BCUT2D eigenvalue weighted by Gasteiger charge is 2.08. The maximum Gasteiger partial charge on any atom is 0.269 e. The molecule has 0 spiro atoms. The Kier molecular flexibility index (Phi) is 2.70. The Morgan fingerprint density at radius 3 is 2.47 bits per heavy atom. The maximum atomic E-state index is 10.6. The Bertz CT molecular complexity index is 572. The standard InChI is InChI=1S/C11H9N3O3/c1-8-6-9(7-15)12-13(8)10-2-4-11(5-3-10)14(16)17/h2-7H,1H3. The molecule has 1 aromatic carbocycles. The van der Waals surface area contributed by atoms with Crippen LogP contribution in [-0.2, 0) is 0 Å². The summed E-state index contributed by atoms with van der Waals surface area (Å²) in [6.07, 6.45) is 0.662. The van der Waals surface area contributed by atoms with Crippen molar-refractivity contribution in [2.45, 2.75) is 6.92 Å². The van der Waals surface area contributed by atoms with Crippen molar-refractivity contribution in [3.05, 3.63) is 51.8 Å². The van der Waals surface area contributed by atoms with Gasteiger partial charge in [0, 0.05) is 17.8 Å². The summed E-state index contributed by atoms with van der Waals surface area (Å²) in [5, 5.41) is 14.6. The number of carbonyl (C=O) groups excluding carboxylic acids is 1. The van der Waals surface area contributed by atoms with Crippen LogP contribution in [0, 0.1) is 17.0 Å². The van der Waals surface area contributed by atoms with Crippen LogP contribution in [0.4, 0.5) is 5.69 Å². The second kappa shape index (κ2) is 4.17. The Hall–Kier alpha value is -2.50. The lowest BCUT2D eigenvalue weighted by Gasteiger charge is -2.02. The summed E-state index contributed by atoms with van der Waals surface area (Å²) >= 11 is 0. The highest BCUT2D eigenvalue weighted by atomic mass is 16.6. The minimum absolute atomic E-state index is 0.0224. The largest absolute Gasteiger partial charge is 0.296 e. The molecule has 0 saturated heterocycles. The summed E-state index contributed by atoms with van der Waals surface area (Å²) < 4.78 is 1.56. The molecule has 0 radical (unpaired) electrons. The molecule has 0 N–H and O–H groups in total. The summed E-state index contributed by atoms with van der Waals surface area (Å²) in [6.45, 7) is 1.81. The van der Waals surface area contributed by atoms with E-state index in [1.54, 1.807) is 29.8 Å². The zero-order valence-electron chi connectivity index (χ0n) is 9.03. The number of non-ortho nitro benzene ring substituents is 1. The molecule has 0 atom stereocenters. The molecule has 0 aliphatic rings. The van der Waals surface area contributed by atoms with E-state index in [9.17, 15) is 14.9 Å². The predicted octanol–water partition coefficient (Wildman–Crippen LogP) is 1.90. The van der Waals surface area contributed by atoms with Crippen LogP contribution in [0.25, 0.3) is 5.69 Å². The van der Waals surface area contributed by atoms with Gasteiger partial charge in [0.25, 0.3) is 5.69 Å². The van der Waals surface area contributed by atoms with E-state index in [0.717, 1.165) is 5.69 Å². The number of nitrogens with zero attached hydrogens (tertiary/aromatic N) is 3. The van der Waals surface area contributed by atoms with Crippen LogP contribution in [0.5, 0.6) is 0 Å². The van der Waals surface area contributed by atoms with E-state index in [1.165, 1.54) is 12.1 Å². The Balaban J connectivity index is 2.42. The van der Waals surface area contributed by atoms with Gasteiger partial charge in [0.05, 0.1) is 10.6 Å². The van der Waals surface area contributed by atoms with Crippen molar-refractivity contribution < 1.29 is 9.72 Å². The van der Waals surface area contributed by atoms with Crippen LogP contribution in [0.1, 0.15) is 16.2 Å². The molecule has 6 heteroatoms. The van der Waals surface area contributed by atoms with Gasteiger partial charge in [-0.25, -0.2) is 4.68 Å². The third-order valence-corrected chi connectivity index (χ3v) is 2.33. The van der Waals surface area contributed by atoms with Crippen molar-refractivity contribution in [3.63, 3.8) is 0 Å². The van der Waals surface area contributed by atoms with Gasteiger partial charge in [-0.2, -0.15) is 5.10 Å². The van der Waals surface area contributed by atoms with E-state index in [4.69, 9.17) is 0 Å². The summed E-state index contributed by atoms with van der Waals surface area (Å²) in [7, 11) is 0. The van der Waals surface area contributed by atoms with E-state index >= 15 is 0 Å². The summed E-state index contributed by atoms with van der Waals surface area (Å²) in [6, 6.07) is 7.63. The third kappa shape index (κ3) is 2.05. The minimum Gasteiger partial charge on any atom is -0.296 e. The maximum absolute atomic E-state index is 10.6. The normalized spacial score (nSPS) is 10.2. The molecule has 1 aromatic heterocycles. The number of hydrogen-bond acceptors (Lipinski definition) is 4. The summed E-state index contributed by atoms with van der Waals surface area (Å²) in [4.78, 5) is 20.6. The molecule has 0 aliphatic heterocycles. The highest BCUT2D eigenvalue weighted by molar-refractivity contribution is 5.72. The number of rotatable bonds is 3. The number of aldehydes is 1. The van der Waals surface area contributed by atoms with Crippen molar-refractivity contribution in [2.24, 2.45) is 0 Å². The summed E-state index contributed by atoms with van der Waals surface area (Å²) in [5.74, 6) is 0. The lowest BCUT2D eigenvalue weighted by Crippen LogP contribution is -1.99. The van der Waals surface area contributed by atoms with Gasteiger partial charge in [0.15, 0.2) is 6.29 Å². The Morgan fingerprint density at radius 2 is 2.00 bits per heavy atom. The first-order valence-corrected chi connectivity index (χ1v) is 4.88. The molecule has 0 fully saturated rings. The lowest BCUT2D eigenvalue weighted by molar-refractivity contribution is -0.384. The van der Waals surface area contributed by atoms with Gasteiger partial charge in [-0.3, -0.25) is 14.9 Å². The predicted molar refractivity (Wildman–Crippen MR) is 60.3 cm³/mol. The molecule has 17 heavy (non-hydrogen) atoms. The fourth-order valence-corrected chi connectivity index (χ4v) is 1.53. The van der Waals surface area contributed by atoms with Crippen molar-refractivity contribution >= 4 is 12.0 Å². The first-order chi connectivity index (χ1) is 8.11. The fourth-order valence-electron chi connectivity index (χ4n) is 1.53. The molecule has 1 heterocycles. The van der Waals surface area contributed by atoms with Gasteiger partial charge in [-0.1, -0.05) is 0 Å². The average molecular weight is 231 g/mol. The number of benzene rings is 1. The Labute approximate surface area is 96.6 Å². The number of carbonyl (C=O) groups is 1. The van der Waals surface area contributed by atoms with E-state index in [0.29, 0.717) is 17.7 Å². The monoisotopic (exact) mass is 231 g/mol. The number of hydrogen-bond donors (Lipinski definition) is 0. The second-order valence-electron chi connectivity index (χ2n) is 3.51. The van der Waals surface area contributed by atoms with E-state index < -0.39 is 4.92 Å². The zero-order valence-corrected chi connectivity index (χ0v) is 9.03. The number of nitro benzene ring substituents is 1. The molecule has 2 aromatic rings. The van der Waals surface area contributed by atoms with Gasteiger partial charge in [0.2, 0.25) is 0 Å². The molecular weight excluding hydrogens is 222 g/mol. The smallest absolute Gasteiger partial charge is 0.269 e. The van der Waals surface area contributed by atoms with Crippen molar-refractivity contribution in [3.8, 4) is 5.69 Å². The van der Waals surface area contributed by atoms with Gasteiger partial charge in [-0.05, 0) is 25.1 Å². The number of nitro groups is 1. The number of aryl methyl sites for hydroxylation is 1. The van der Waals surface area contributed by atoms with Crippen LogP contribution in [0.15, 0.2) is 30.3 Å². The fraction of sp³-hybridized carbons (Fsp3) is 0.0909. The molecule has 6 nitrogen and oxygen atoms in total. The van der Waals surface area contributed by atoms with Gasteiger partial charge in [0.1, 0.15) is 5.69 Å². The van der Waals surface area contributed by atoms with Crippen LogP contribution in [0.2, 0.25) is 0 Å². The highest BCUT2D eigenvalue weighted by Crippen LogP contribution is 2.16. The molecular formula is C11H9N3O3. The second-order valence-corrected chi connectivity index (χ2v) is 3.51. The van der Waals surface area contributed by atoms with E-state index in [2.05, 4.69) is 5.10 Å². The van der Waals surface area contributed by atoms with E-state index in [1.807, 2.05) is 0 Å². The third-order valence-electron chi connectivity index (χ3n) is 2.33. The molecule has 0 unspecified atom stereocenters. The Morgan fingerprint density at radius 1 is 1.35 bits per heavy atom. The first kappa shape index (κ1) is 11.0. The molecule has 0 saturated carbocycles. The van der Waals surface area contributed by atoms with Crippen LogP contribution in [-0.4, -0.2) is 21.0 Å².